The summed E-state index contributed by atoms with van der Waals surface area (Å²) < 4.78 is 41.5. The molecule has 21 heavy (non-hydrogen) atoms. The molecule has 2 N–H and O–H groups in total. The van der Waals surface area contributed by atoms with Crippen LogP contribution in [0.4, 0.5) is 4.39 Å². The van der Waals surface area contributed by atoms with Crippen LogP contribution in [0.3, 0.4) is 0 Å². The second-order valence-electron chi connectivity index (χ2n) is 6.31. The van der Waals surface area contributed by atoms with Gasteiger partial charge >= 0.3 is 0 Å². The van der Waals surface area contributed by atoms with Crippen molar-refractivity contribution < 1.29 is 12.8 Å². The van der Waals surface area contributed by atoms with E-state index in [1.807, 2.05) is 6.92 Å². The molecule has 0 aliphatic heterocycles. The molecule has 0 heterocycles. The lowest BCUT2D eigenvalue weighted by atomic mass is 10.1. The highest BCUT2D eigenvalue weighted by atomic mass is 32.2. The first-order valence-corrected chi connectivity index (χ1v) is 8.90. The minimum Gasteiger partial charge on any atom is -0.310 e. The van der Waals surface area contributed by atoms with Gasteiger partial charge in [0.05, 0.1) is 4.90 Å². The highest BCUT2D eigenvalue weighted by Crippen LogP contribution is 2.31. The van der Waals surface area contributed by atoms with Crippen molar-refractivity contribution in [3.63, 3.8) is 0 Å². The van der Waals surface area contributed by atoms with Crippen LogP contribution in [-0.2, 0) is 16.6 Å². The normalized spacial score (nSPS) is 25.1. The zero-order valence-corrected chi connectivity index (χ0v) is 13.1. The van der Waals surface area contributed by atoms with Gasteiger partial charge in [-0.3, -0.25) is 0 Å². The fourth-order valence-corrected chi connectivity index (χ4v) is 3.88. The molecule has 2 saturated carbocycles. The summed E-state index contributed by atoms with van der Waals surface area (Å²) in [5.41, 5.74) is 0.792. The summed E-state index contributed by atoms with van der Waals surface area (Å²) in [7, 11) is -3.56. The Bertz CT molecular complexity index is 656. The van der Waals surface area contributed by atoms with Crippen LogP contribution in [0.1, 0.15) is 37.3 Å². The van der Waals surface area contributed by atoms with Crippen molar-refractivity contribution in [2.75, 3.05) is 0 Å². The van der Waals surface area contributed by atoms with Crippen molar-refractivity contribution in [1.29, 1.82) is 0 Å². The van der Waals surface area contributed by atoms with E-state index in [0.717, 1.165) is 19.3 Å². The van der Waals surface area contributed by atoms with Crippen LogP contribution < -0.4 is 10.0 Å². The predicted octanol–water partition coefficient (Wildman–Crippen LogP) is 2.07. The molecule has 2 aliphatic carbocycles. The quantitative estimate of drug-likeness (QED) is 0.845. The molecule has 2 atom stereocenters. The molecule has 0 bridgehead atoms. The Hall–Kier alpha value is -0.980. The number of nitrogens with one attached hydrogen (secondary N) is 2. The van der Waals surface area contributed by atoms with E-state index in [2.05, 4.69) is 10.0 Å². The SMILES string of the molecule is Cc1cc(S(=O)(=O)NC2CC2C)cc(CNC2CC2)c1F. The maximum absolute atomic E-state index is 14.1. The minimum atomic E-state index is -3.56. The molecule has 0 saturated heterocycles. The monoisotopic (exact) mass is 312 g/mol. The Morgan fingerprint density at radius 1 is 1.33 bits per heavy atom. The van der Waals surface area contributed by atoms with E-state index in [0.29, 0.717) is 29.6 Å². The molecule has 0 amide bonds. The molecular weight excluding hydrogens is 291 g/mol. The number of hydrogen-bond donors (Lipinski definition) is 2. The number of halogens is 1. The second-order valence-corrected chi connectivity index (χ2v) is 8.02. The zero-order chi connectivity index (χ0) is 15.2. The lowest BCUT2D eigenvalue weighted by Crippen LogP contribution is -2.27. The van der Waals surface area contributed by atoms with Crippen LogP contribution >= 0.6 is 0 Å². The van der Waals surface area contributed by atoms with Gasteiger partial charge in [-0.1, -0.05) is 6.92 Å². The summed E-state index contributed by atoms with van der Waals surface area (Å²) in [6.07, 6.45) is 3.09. The Morgan fingerprint density at radius 3 is 2.57 bits per heavy atom. The number of hydrogen-bond acceptors (Lipinski definition) is 3. The minimum absolute atomic E-state index is 0.0217. The van der Waals surface area contributed by atoms with Crippen molar-refractivity contribution in [1.82, 2.24) is 10.0 Å². The first kappa shape index (κ1) is 14.9. The van der Waals surface area contributed by atoms with E-state index in [-0.39, 0.29) is 16.8 Å². The number of aryl methyl sites for hydroxylation is 1. The molecular formula is C15H21FN2O2S. The average Bonchev–Trinajstić information content (AvgIpc) is 3.31. The Kier molecular flexibility index (Phi) is 3.80. The van der Waals surface area contributed by atoms with Gasteiger partial charge in [-0.25, -0.2) is 17.5 Å². The van der Waals surface area contributed by atoms with Gasteiger partial charge in [0.25, 0.3) is 0 Å². The fourth-order valence-electron chi connectivity index (χ4n) is 2.39. The van der Waals surface area contributed by atoms with Crippen molar-refractivity contribution in [2.24, 2.45) is 5.92 Å². The van der Waals surface area contributed by atoms with E-state index < -0.39 is 10.0 Å². The van der Waals surface area contributed by atoms with E-state index in [1.165, 1.54) is 12.1 Å². The van der Waals surface area contributed by atoms with Gasteiger partial charge in [0.2, 0.25) is 10.0 Å². The van der Waals surface area contributed by atoms with E-state index in [4.69, 9.17) is 0 Å². The van der Waals surface area contributed by atoms with Crippen LogP contribution in [0.15, 0.2) is 17.0 Å². The van der Waals surface area contributed by atoms with Gasteiger partial charge in [0.15, 0.2) is 0 Å². The highest BCUT2D eigenvalue weighted by molar-refractivity contribution is 7.89. The van der Waals surface area contributed by atoms with Crippen LogP contribution in [0, 0.1) is 18.7 Å². The molecule has 0 spiro atoms. The largest absolute Gasteiger partial charge is 0.310 e. The lowest BCUT2D eigenvalue weighted by molar-refractivity contribution is 0.568. The van der Waals surface area contributed by atoms with Crippen molar-refractivity contribution in [3.8, 4) is 0 Å². The molecule has 2 aliphatic rings. The standard InChI is InChI=1S/C15H21FN2O2S/c1-9-6-14(9)18-21(19,20)13-5-10(2)15(16)11(7-13)8-17-12-3-4-12/h5,7,9,12,14,17-18H,3-4,6,8H2,1-2H3. The van der Waals surface area contributed by atoms with E-state index in [1.54, 1.807) is 6.92 Å². The van der Waals surface area contributed by atoms with Gasteiger partial charge < -0.3 is 5.32 Å². The van der Waals surface area contributed by atoms with Gasteiger partial charge in [0, 0.05) is 24.2 Å². The Labute approximate surface area is 125 Å². The Morgan fingerprint density at radius 2 is 2.00 bits per heavy atom. The molecule has 2 unspecified atom stereocenters. The average molecular weight is 312 g/mol. The van der Waals surface area contributed by atoms with Crippen LogP contribution in [0.25, 0.3) is 0 Å². The summed E-state index contributed by atoms with van der Waals surface area (Å²) >= 11 is 0. The molecule has 4 nitrogen and oxygen atoms in total. The summed E-state index contributed by atoms with van der Waals surface area (Å²) in [5.74, 6) is 0.0687. The summed E-state index contributed by atoms with van der Waals surface area (Å²) in [6, 6.07) is 3.34. The van der Waals surface area contributed by atoms with Gasteiger partial charge in [-0.2, -0.15) is 0 Å². The molecule has 3 rings (SSSR count). The molecule has 0 aromatic heterocycles. The molecule has 6 heteroatoms. The molecule has 0 radical (unpaired) electrons. The smallest absolute Gasteiger partial charge is 0.240 e. The first-order chi connectivity index (χ1) is 9.87. The van der Waals surface area contributed by atoms with Crippen LogP contribution in [0.2, 0.25) is 0 Å². The van der Waals surface area contributed by atoms with Gasteiger partial charge in [-0.15, -0.1) is 0 Å². The number of rotatable bonds is 6. The third kappa shape index (κ3) is 3.44. The second kappa shape index (κ2) is 5.34. The van der Waals surface area contributed by atoms with E-state index >= 15 is 0 Å². The third-order valence-corrected chi connectivity index (χ3v) is 5.66. The number of sulfonamides is 1. The predicted molar refractivity (Wildman–Crippen MR) is 78.9 cm³/mol. The summed E-state index contributed by atoms with van der Waals surface area (Å²) in [6.45, 7) is 3.99. The molecule has 1 aromatic rings. The van der Waals surface area contributed by atoms with Crippen LogP contribution in [-0.4, -0.2) is 20.5 Å². The van der Waals surface area contributed by atoms with Gasteiger partial charge in [-0.05, 0) is 49.8 Å². The number of benzene rings is 1. The molecule has 116 valence electrons. The van der Waals surface area contributed by atoms with Crippen molar-refractivity contribution >= 4 is 10.0 Å². The van der Waals surface area contributed by atoms with Crippen molar-refractivity contribution in [2.45, 2.75) is 56.6 Å². The first-order valence-electron chi connectivity index (χ1n) is 7.41. The molecule has 1 aromatic carbocycles. The van der Waals surface area contributed by atoms with Crippen molar-refractivity contribution in [3.05, 3.63) is 29.1 Å². The topological polar surface area (TPSA) is 58.2 Å². The Balaban J connectivity index is 1.83. The van der Waals surface area contributed by atoms with Gasteiger partial charge in [0.1, 0.15) is 5.82 Å². The fraction of sp³-hybridized carbons (Fsp3) is 0.600. The lowest BCUT2D eigenvalue weighted by Gasteiger charge is -2.12. The maximum atomic E-state index is 14.1. The zero-order valence-electron chi connectivity index (χ0n) is 12.3. The maximum Gasteiger partial charge on any atom is 0.240 e. The summed E-state index contributed by atoms with van der Waals surface area (Å²) in [5, 5.41) is 3.22. The van der Waals surface area contributed by atoms with E-state index in [9.17, 15) is 12.8 Å². The highest BCUT2D eigenvalue weighted by Gasteiger charge is 2.36. The van der Waals surface area contributed by atoms with Crippen LogP contribution in [0.5, 0.6) is 0 Å². The molecule has 2 fully saturated rings. The third-order valence-electron chi connectivity index (χ3n) is 4.19. The summed E-state index contributed by atoms with van der Waals surface area (Å²) in [4.78, 5) is 0.160.